The molecule has 0 bridgehead atoms. The van der Waals surface area contributed by atoms with Crippen LogP contribution in [0.1, 0.15) is 0 Å². The zero-order valence-electron chi connectivity index (χ0n) is 26.5. The molecule has 2 nitrogen and oxygen atoms in total. The van der Waals surface area contributed by atoms with Crippen molar-refractivity contribution in [2.24, 2.45) is 0 Å². The lowest BCUT2D eigenvalue weighted by atomic mass is 9.97. The highest BCUT2D eigenvalue weighted by atomic mass is 32.1. The molecule has 0 aliphatic heterocycles. The Morgan fingerprint density at radius 2 is 1.10 bits per heavy atom. The van der Waals surface area contributed by atoms with E-state index in [1.807, 2.05) is 17.4 Å². The molecule has 0 atom stereocenters. The zero-order valence-corrected chi connectivity index (χ0v) is 27.3. The summed E-state index contributed by atoms with van der Waals surface area (Å²) in [5.74, 6) is 0. The summed E-state index contributed by atoms with van der Waals surface area (Å²) < 4.78 is 9.37. The number of fused-ring (bicyclic) bond motifs is 7. The van der Waals surface area contributed by atoms with Crippen molar-refractivity contribution in [3.05, 3.63) is 176 Å². The van der Waals surface area contributed by atoms with Crippen LogP contribution in [0, 0.1) is 0 Å². The summed E-state index contributed by atoms with van der Waals surface area (Å²) in [6.45, 7) is 0. The van der Waals surface area contributed by atoms with Crippen LogP contribution in [0.4, 0.5) is 17.1 Å². The Labute approximate surface area is 287 Å². The molecule has 0 unspecified atom stereocenters. The van der Waals surface area contributed by atoms with E-state index in [0.717, 1.165) is 50.1 Å². The number of hydrogen-bond donors (Lipinski definition) is 0. The van der Waals surface area contributed by atoms with Gasteiger partial charge in [0.05, 0.1) is 16.1 Å². The minimum absolute atomic E-state index is 0.874. The standard InChI is InChI=1S/C46H29NOS/c1-2-12-31(13-3-1)36-28-29-39-37-17-6-8-22-42(37)48-45(39)44(36)47(41-21-11-20-40-38-18-7-9-23-43(38)49-46(40)41)33-26-24-32(25-27-33)35-19-10-15-30-14-4-5-16-34(30)35/h1-29H. The van der Waals surface area contributed by atoms with Crippen LogP contribution in [0.5, 0.6) is 0 Å². The van der Waals surface area contributed by atoms with Crippen LogP contribution in [-0.2, 0) is 0 Å². The van der Waals surface area contributed by atoms with Crippen molar-refractivity contribution in [2.75, 3.05) is 4.90 Å². The number of rotatable bonds is 5. The molecule has 0 amide bonds. The summed E-state index contributed by atoms with van der Waals surface area (Å²) in [6.07, 6.45) is 0. The van der Waals surface area contributed by atoms with Gasteiger partial charge in [0.2, 0.25) is 0 Å². The van der Waals surface area contributed by atoms with Crippen LogP contribution in [0.3, 0.4) is 0 Å². The number of furan rings is 1. The molecule has 0 fully saturated rings. The van der Waals surface area contributed by atoms with Gasteiger partial charge in [-0.2, -0.15) is 0 Å². The Bertz CT molecular complexity index is 2820. The number of nitrogens with zero attached hydrogens (tertiary/aromatic N) is 1. The van der Waals surface area contributed by atoms with Crippen molar-refractivity contribution >= 4 is 81.3 Å². The topological polar surface area (TPSA) is 16.4 Å². The van der Waals surface area contributed by atoms with Gasteiger partial charge in [-0.15, -0.1) is 11.3 Å². The van der Waals surface area contributed by atoms with E-state index < -0.39 is 0 Å². The van der Waals surface area contributed by atoms with E-state index >= 15 is 0 Å². The number of benzene rings is 8. The Morgan fingerprint density at radius 3 is 1.98 bits per heavy atom. The maximum absolute atomic E-state index is 6.84. The summed E-state index contributed by atoms with van der Waals surface area (Å²) in [6, 6.07) is 63.1. The van der Waals surface area contributed by atoms with Crippen LogP contribution in [0.25, 0.3) is 75.1 Å². The number of anilines is 3. The summed E-state index contributed by atoms with van der Waals surface area (Å²) in [5.41, 5.74) is 9.65. The summed E-state index contributed by atoms with van der Waals surface area (Å²) in [5, 5.41) is 7.25. The Morgan fingerprint density at radius 1 is 0.429 bits per heavy atom. The van der Waals surface area contributed by atoms with Gasteiger partial charge in [-0.05, 0) is 63.9 Å². The molecule has 2 heterocycles. The minimum atomic E-state index is 0.874. The second-order valence-electron chi connectivity index (χ2n) is 12.5. The maximum atomic E-state index is 6.84. The first-order valence-electron chi connectivity index (χ1n) is 16.6. The van der Waals surface area contributed by atoms with E-state index in [0.29, 0.717) is 0 Å². The van der Waals surface area contributed by atoms with Crippen LogP contribution >= 0.6 is 11.3 Å². The minimum Gasteiger partial charge on any atom is -0.454 e. The SMILES string of the molecule is c1ccc(-c2ccc3c(oc4ccccc43)c2N(c2ccc(-c3cccc4ccccc34)cc2)c2cccc3c2sc2ccccc23)cc1. The van der Waals surface area contributed by atoms with E-state index in [1.165, 1.54) is 42.1 Å². The number of para-hydroxylation sites is 1. The highest BCUT2D eigenvalue weighted by Gasteiger charge is 2.26. The average molecular weight is 644 g/mol. The van der Waals surface area contributed by atoms with Crippen molar-refractivity contribution in [3.63, 3.8) is 0 Å². The van der Waals surface area contributed by atoms with Gasteiger partial charge >= 0.3 is 0 Å². The molecule has 0 saturated carbocycles. The van der Waals surface area contributed by atoms with Gasteiger partial charge in [-0.25, -0.2) is 0 Å². The molecule has 8 aromatic carbocycles. The molecule has 3 heteroatoms. The molecular weight excluding hydrogens is 615 g/mol. The molecule has 0 spiro atoms. The molecule has 0 saturated heterocycles. The van der Waals surface area contributed by atoms with Crippen LogP contribution in [0.15, 0.2) is 180 Å². The highest BCUT2D eigenvalue weighted by molar-refractivity contribution is 7.26. The highest BCUT2D eigenvalue weighted by Crippen LogP contribution is 2.51. The van der Waals surface area contributed by atoms with Gasteiger partial charge in [0.15, 0.2) is 5.58 Å². The van der Waals surface area contributed by atoms with Crippen molar-refractivity contribution in [2.45, 2.75) is 0 Å². The van der Waals surface area contributed by atoms with Gasteiger partial charge in [0, 0.05) is 37.5 Å². The third-order valence-electron chi connectivity index (χ3n) is 9.68. The van der Waals surface area contributed by atoms with Crippen LogP contribution < -0.4 is 4.90 Å². The lowest BCUT2D eigenvalue weighted by molar-refractivity contribution is 0.669. The summed E-state index contributed by atoms with van der Waals surface area (Å²) >= 11 is 1.85. The third kappa shape index (κ3) is 4.47. The molecule has 10 aromatic rings. The second-order valence-corrected chi connectivity index (χ2v) is 13.5. The van der Waals surface area contributed by atoms with Crippen molar-refractivity contribution in [1.29, 1.82) is 0 Å². The normalized spacial score (nSPS) is 11.7. The first-order valence-corrected chi connectivity index (χ1v) is 17.4. The molecule has 10 rings (SSSR count). The van der Waals surface area contributed by atoms with Crippen molar-refractivity contribution in [3.8, 4) is 22.3 Å². The molecular formula is C46H29NOS. The number of thiophene rings is 1. The first-order chi connectivity index (χ1) is 24.3. The summed E-state index contributed by atoms with van der Waals surface area (Å²) in [4.78, 5) is 2.43. The van der Waals surface area contributed by atoms with Crippen molar-refractivity contribution in [1.82, 2.24) is 0 Å². The molecule has 0 N–H and O–H groups in total. The first kappa shape index (κ1) is 27.9. The van der Waals surface area contributed by atoms with E-state index in [4.69, 9.17) is 4.42 Å². The third-order valence-corrected chi connectivity index (χ3v) is 10.9. The Hall–Kier alpha value is -6.16. The average Bonchev–Trinajstić information content (AvgIpc) is 3.75. The van der Waals surface area contributed by atoms with Gasteiger partial charge in [-0.3, -0.25) is 0 Å². The molecule has 0 aliphatic rings. The fourth-order valence-electron chi connectivity index (χ4n) is 7.41. The largest absolute Gasteiger partial charge is 0.454 e. The van der Waals surface area contributed by atoms with Gasteiger partial charge in [0.25, 0.3) is 0 Å². The molecule has 230 valence electrons. The lowest BCUT2D eigenvalue weighted by Gasteiger charge is -2.28. The van der Waals surface area contributed by atoms with E-state index in [9.17, 15) is 0 Å². The lowest BCUT2D eigenvalue weighted by Crippen LogP contribution is -2.12. The fraction of sp³-hybridized carbons (Fsp3) is 0. The predicted molar refractivity (Wildman–Crippen MR) is 210 cm³/mol. The van der Waals surface area contributed by atoms with E-state index in [2.05, 4.69) is 175 Å². The van der Waals surface area contributed by atoms with E-state index in [1.54, 1.807) is 0 Å². The Balaban J connectivity index is 1.29. The molecule has 0 radical (unpaired) electrons. The van der Waals surface area contributed by atoms with Crippen molar-refractivity contribution < 1.29 is 4.42 Å². The predicted octanol–water partition coefficient (Wildman–Crippen LogP) is 13.9. The smallest absolute Gasteiger partial charge is 0.160 e. The van der Waals surface area contributed by atoms with Crippen LogP contribution in [-0.4, -0.2) is 0 Å². The van der Waals surface area contributed by atoms with Crippen LogP contribution in [0.2, 0.25) is 0 Å². The van der Waals surface area contributed by atoms with Gasteiger partial charge in [-0.1, -0.05) is 140 Å². The molecule has 0 aliphatic carbocycles. The summed E-state index contributed by atoms with van der Waals surface area (Å²) in [7, 11) is 0. The quantitative estimate of drug-likeness (QED) is 0.186. The monoisotopic (exact) mass is 643 g/mol. The maximum Gasteiger partial charge on any atom is 0.160 e. The number of hydrogen-bond acceptors (Lipinski definition) is 3. The van der Waals surface area contributed by atoms with Gasteiger partial charge < -0.3 is 9.32 Å². The molecule has 49 heavy (non-hydrogen) atoms. The Kier molecular flexibility index (Phi) is 6.39. The van der Waals surface area contributed by atoms with Gasteiger partial charge in [0.1, 0.15) is 5.58 Å². The zero-order chi connectivity index (χ0) is 32.3. The second kappa shape index (κ2) is 11.2. The van der Waals surface area contributed by atoms with E-state index in [-0.39, 0.29) is 0 Å². The molecule has 2 aromatic heterocycles. The fourth-order valence-corrected chi connectivity index (χ4v) is 8.62.